The second-order valence-electron chi connectivity index (χ2n) is 7.69. The minimum absolute atomic E-state index is 0.0585. The molecule has 0 spiro atoms. The highest BCUT2D eigenvalue weighted by atomic mass is 16.2. The van der Waals surface area contributed by atoms with Crippen molar-refractivity contribution in [2.24, 2.45) is 5.92 Å². The van der Waals surface area contributed by atoms with Crippen molar-refractivity contribution in [3.63, 3.8) is 0 Å². The van der Waals surface area contributed by atoms with Crippen molar-refractivity contribution in [3.05, 3.63) is 29.8 Å². The van der Waals surface area contributed by atoms with Crippen LogP contribution >= 0.6 is 0 Å². The van der Waals surface area contributed by atoms with Gasteiger partial charge in [-0.1, -0.05) is 45.6 Å². The van der Waals surface area contributed by atoms with Crippen LogP contribution < -0.4 is 10.6 Å². The van der Waals surface area contributed by atoms with E-state index in [0.29, 0.717) is 23.7 Å². The van der Waals surface area contributed by atoms with Gasteiger partial charge in [-0.15, -0.1) is 0 Å². The van der Waals surface area contributed by atoms with E-state index in [9.17, 15) is 9.59 Å². The number of anilines is 1. The van der Waals surface area contributed by atoms with E-state index in [-0.39, 0.29) is 11.8 Å². The highest BCUT2D eigenvalue weighted by molar-refractivity contribution is 5.97. The van der Waals surface area contributed by atoms with E-state index in [1.165, 1.54) is 25.7 Å². The topological polar surface area (TPSA) is 61.4 Å². The van der Waals surface area contributed by atoms with Crippen molar-refractivity contribution in [1.29, 1.82) is 0 Å². The van der Waals surface area contributed by atoms with E-state index >= 15 is 0 Å². The van der Waals surface area contributed by atoms with E-state index in [2.05, 4.69) is 24.5 Å². The van der Waals surface area contributed by atoms with Crippen LogP contribution in [0.25, 0.3) is 0 Å². The number of amides is 2. The largest absolute Gasteiger partial charge is 0.339 e. The molecule has 1 aromatic carbocycles. The van der Waals surface area contributed by atoms with Gasteiger partial charge in [-0.2, -0.15) is 0 Å². The van der Waals surface area contributed by atoms with Gasteiger partial charge in [-0.25, -0.2) is 0 Å². The molecule has 0 atom stereocenters. The van der Waals surface area contributed by atoms with E-state index < -0.39 is 0 Å². The lowest BCUT2D eigenvalue weighted by atomic mass is 9.98. The number of carbonyl (C=O) groups excluding carboxylic acids is 2. The van der Waals surface area contributed by atoms with E-state index in [1.807, 2.05) is 23.1 Å². The Bertz CT molecular complexity index is 595. The summed E-state index contributed by atoms with van der Waals surface area (Å²) in [5.41, 5.74) is 1.33. The van der Waals surface area contributed by atoms with Gasteiger partial charge < -0.3 is 15.5 Å². The molecule has 1 aliphatic heterocycles. The average molecular weight is 374 g/mol. The van der Waals surface area contributed by atoms with Crippen LogP contribution in [0.5, 0.6) is 0 Å². The first-order valence-corrected chi connectivity index (χ1v) is 10.5. The van der Waals surface area contributed by atoms with Gasteiger partial charge in [0, 0.05) is 24.3 Å². The van der Waals surface area contributed by atoms with Gasteiger partial charge in [-0.3, -0.25) is 9.59 Å². The maximum absolute atomic E-state index is 12.7. The molecule has 5 heteroatoms. The standard InChI is InChI=1S/C22H35N3O2/c1-3-4-5-6-7-13-23-17-21(26)24-20-10-8-9-19(16-20)22(27)25-14-11-18(2)12-15-25/h8-10,16,18,23H,3-7,11-15,17H2,1-2H3,(H,24,26). The predicted molar refractivity (Wildman–Crippen MR) is 111 cm³/mol. The van der Waals surface area contributed by atoms with Crippen LogP contribution in [-0.2, 0) is 4.79 Å². The van der Waals surface area contributed by atoms with Gasteiger partial charge in [0.2, 0.25) is 5.91 Å². The van der Waals surface area contributed by atoms with Crippen LogP contribution in [0, 0.1) is 5.92 Å². The maximum Gasteiger partial charge on any atom is 0.253 e. The number of rotatable bonds is 10. The SMILES string of the molecule is CCCCCCCNCC(=O)Nc1cccc(C(=O)N2CCC(C)CC2)c1. The fourth-order valence-electron chi connectivity index (χ4n) is 3.38. The molecule has 0 aliphatic carbocycles. The molecular formula is C22H35N3O2. The third-order valence-electron chi connectivity index (χ3n) is 5.21. The summed E-state index contributed by atoms with van der Waals surface area (Å²) in [6.45, 7) is 7.24. The maximum atomic E-state index is 12.7. The summed E-state index contributed by atoms with van der Waals surface area (Å²) >= 11 is 0. The molecule has 0 radical (unpaired) electrons. The van der Waals surface area contributed by atoms with Gasteiger partial charge in [-0.05, 0) is 49.9 Å². The first-order chi connectivity index (χ1) is 13.1. The van der Waals surface area contributed by atoms with Crippen LogP contribution in [-0.4, -0.2) is 42.9 Å². The first-order valence-electron chi connectivity index (χ1n) is 10.5. The number of hydrogen-bond acceptors (Lipinski definition) is 3. The monoisotopic (exact) mass is 373 g/mol. The Balaban J connectivity index is 1.74. The zero-order valence-corrected chi connectivity index (χ0v) is 16.9. The number of likely N-dealkylation sites (tertiary alicyclic amines) is 1. The lowest BCUT2D eigenvalue weighted by molar-refractivity contribution is -0.115. The average Bonchev–Trinajstić information content (AvgIpc) is 2.67. The summed E-state index contributed by atoms with van der Waals surface area (Å²) in [7, 11) is 0. The number of piperidine rings is 1. The Hall–Kier alpha value is -1.88. The molecule has 1 heterocycles. The van der Waals surface area contributed by atoms with Gasteiger partial charge >= 0.3 is 0 Å². The van der Waals surface area contributed by atoms with Crippen molar-refractivity contribution in [3.8, 4) is 0 Å². The molecule has 5 nitrogen and oxygen atoms in total. The summed E-state index contributed by atoms with van der Waals surface area (Å²) in [5.74, 6) is 0.682. The third-order valence-corrected chi connectivity index (χ3v) is 5.21. The fourth-order valence-corrected chi connectivity index (χ4v) is 3.38. The van der Waals surface area contributed by atoms with Crippen molar-refractivity contribution in [2.75, 3.05) is 31.5 Å². The smallest absolute Gasteiger partial charge is 0.253 e. The lowest BCUT2D eigenvalue weighted by Gasteiger charge is -2.30. The van der Waals surface area contributed by atoms with Crippen LogP contribution in [0.2, 0.25) is 0 Å². The molecule has 0 bridgehead atoms. The molecule has 1 aliphatic rings. The van der Waals surface area contributed by atoms with Crippen molar-refractivity contribution in [2.45, 2.75) is 58.8 Å². The van der Waals surface area contributed by atoms with E-state index in [4.69, 9.17) is 0 Å². The van der Waals surface area contributed by atoms with Crippen LogP contribution in [0.1, 0.15) is 69.2 Å². The summed E-state index contributed by atoms with van der Waals surface area (Å²) in [5, 5.41) is 6.07. The number of nitrogens with one attached hydrogen (secondary N) is 2. The van der Waals surface area contributed by atoms with Gasteiger partial charge in [0.25, 0.3) is 5.91 Å². The first kappa shape index (κ1) is 21.4. The summed E-state index contributed by atoms with van der Waals surface area (Å²) in [6, 6.07) is 7.27. The van der Waals surface area contributed by atoms with Crippen LogP contribution in [0.4, 0.5) is 5.69 Å². The predicted octanol–water partition coefficient (Wildman–Crippen LogP) is 4.06. The number of carbonyl (C=O) groups is 2. The van der Waals surface area contributed by atoms with Gasteiger partial charge in [0.1, 0.15) is 0 Å². The van der Waals surface area contributed by atoms with Gasteiger partial charge in [0.05, 0.1) is 6.54 Å². The lowest BCUT2D eigenvalue weighted by Crippen LogP contribution is -2.37. The summed E-state index contributed by atoms with van der Waals surface area (Å²) in [4.78, 5) is 26.7. The van der Waals surface area contributed by atoms with Crippen molar-refractivity contribution < 1.29 is 9.59 Å². The Morgan fingerprint density at radius 3 is 2.59 bits per heavy atom. The van der Waals surface area contributed by atoms with Crippen LogP contribution in [0.15, 0.2) is 24.3 Å². The van der Waals surface area contributed by atoms with Crippen LogP contribution in [0.3, 0.4) is 0 Å². The van der Waals surface area contributed by atoms with Gasteiger partial charge in [0.15, 0.2) is 0 Å². The minimum atomic E-state index is -0.0695. The molecular weight excluding hydrogens is 338 g/mol. The third kappa shape index (κ3) is 7.71. The summed E-state index contributed by atoms with van der Waals surface area (Å²) < 4.78 is 0. The Labute approximate surface area is 163 Å². The zero-order valence-electron chi connectivity index (χ0n) is 16.9. The molecule has 150 valence electrons. The summed E-state index contributed by atoms with van der Waals surface area (Å²) in [6.07, 6.45) is 8.23. The van der Waals surface area contributed by atoms with E-state index in [0.717, 1.165) is 38.9 Å². The second-order valence-corrected chi connectivity index (χ2v) is 7.69. The molecule has 0 aromatic heterocycles. The number of unbranched alkanes of at least 4 members (excludes halogenated alkanes) is 4. The van der Waals surface area contributed by atoms with Crippen molar-refractivity contribution in [1.82, 2.24) is 10.2 Å². The normalized spacial score (nSPS) is 15.0. The zero-order chi connectivity index (χ0) is 19.5. The molecule has 1 aromatic rings. The molecule has 2 amide bonds. The fraction of sp³-hybridized carbons (Fsp3) is 0.636. The Kier molecular flexibility index (Phi) is 9.32. The molecule has 1 fully saturated rings. The Morgan fingerprint density at radius 1 is 1.11 bits per heavy atom. The number of nitrogens with zero attached hydrogens (tertiary/aromatic N) is 1. The second kappa shape index (κ2) is 11.8. The van der Waals surface area contributed by atoms with Crippen molar-refractivity contribution >= 4 is 17.5 Å². The number of hydrogen-bond donors (Lipinski definition) is 2. The minimum Gasteiger partial charge on any atom is -0.339 e. The Morgan fingerprint density at radius 2 is 1.85 bits per heavy atom. The molecule has 2 N–H and O–H groups in total. The van der Waals surface area contributed by atoms with E-state index in [1.54, 1.807) is 6.07 Å². The molecule has 1 saturated heterocycles. The number of benzene rings is 1. The molecule has 0 unspecified atom stereocenters. The highest BCUT2D eigenvalue weighted by Crippen LogP contribution is 2.19. The molecule has 0 saturated carbocycles. The molecule has 2 rings (SSSR count). The quantitative estimate of drug-likeness (QED) is 0.608. The molecule has 27 heavy (non-hydrogen) atoms. The highest BCUT2D eigenvalue weighted by Gasteiger charge is 2.21.